The predicted octanol–water partition coefficient (Wildman–Crippen LogP) is 3.50. The fourth-order valence-corrected chi connectivity index (χ4v) is 1.77. The van der Waals surface area contributed by atoms with E-state index in [1.54, 1.807) is 24.5 Å². The van der Waals surface area contributed by atoms with Crippen LogP contribution in [-0.4, -0.2) is 28.9 Å². The molecule has 0 bridgehead atoms. The zero-order valence-electron chi connectivity index (χ0n) is 10.8. The third kappa shape index (κ3) is 3.91. The molecular weight excluding hydrogens is 262 g/mol. The first-order valence-electron chi connectivity index (χ1n) is 6.25. The summed E-state index contributed by atoms with van der Waals surface area (Å²) in [4.78, 5) is 8.57. The van der Waals surface area contributed by atoms with Crippen molar-refractivity contribution in [3.05, 3.63) is 46.7 Å². The molecule has 0 atom stereocenters. The van der Waals surface area contributed by atoms with Crippen molar-refractivity contribution in [3.8, 4) is 0 Å². The minimum absolute atomic E-state index is 0.597. The van der Waals surface area contributed by atoms with E-state index in [-0.39, 0.29) is 0 Å². The molecule has 1 aliphatic rings. The highest BCUT2D eigenvalue weighted by atomic mass is 35.5. The maximum Gasteiger partial charge on any atom is 0.159 e. The van der Waals surface area contributed by atoms with Gasteiger partial charge in [0.05, 0.1) is 12.4 Å². The Bertz CT molecular complexity index is 520. The lowest BCUT2D eigenvalue weighted by atomic mass is 10.2. The van der Waals surface area contributed by atoms with Crippen LogP contribution in [0.3, 0.4) is 0 Å². The topological polar surface area (TPSA) is 48.2 Å². The molecule has 0 saturated heterocycles. The molecule has 4 nitrogen and oxygen atoms in total. The van der Waals surface area contributed by atoms with E-state index in [4.69, 9.17) is 11.6 Å². The highest BCUT2D eigenvalue weighted by Crippen LogP contribution is 2.15. The Kier molecular flexibility index (Phi) is 4.71. The first-order chi connectivity index (χ1) is 9.19. The summed E-state index contributed by atoms with van der Waals surface area (Å²) in [6, 6.07) is 7.34. The number of unbranched alkanes of at least 4 members (excludes halogenated alkanes) is 1. The summed E-state index contributed by atoms with van der Waals surface area (Å²) in [6.45, 7) is 2.68. The number of halogens is 1. The van der Waals surface area contributed by atoms with Gasteiger partial charge in [0.15, 0.2) is 5.84 Å². The van der Waals surface area contributed by atoms with E-state index >= 15 is 0 Å². The van der Waals surface area contributed by atoms with Gasteiger partial charge in [0, 0.05) is 17.1 Å². The van der Waals surface area contributed by atoms with Gasteiger partial charge in [-0.15, -0.1) is 0 Å². The second-order valence-corrected chi connectivity index (χ2v) is 4.71. The minimum atomic E-state index is 0.597. The average molecular weight is 278 g/mol. The Morgan fingerprint density at radius 3 is 2.74 bits per heavy atom. The Balaban J connectivity index is 2.07. The van der Waals surface area contributed by atoms with Crippen LogP contribution in [0.1, 0.15) is 25.3 Å². The highest BCUT2D eigenvalue weighted by Gasteiger charge is 2.09. The molecule has 0 fully saturated rings. The summed E-state index contributed by atoms with van der Waals surface area (Å²) in [5.41, 5.74) is 1.55. The van der Waals surface area contributed by atoms with E-state index in [1.165, 1.54) is 0 Å². The molecule has 0 spiro atoms. The van der Waals surface area contributed by atoms with Crippen molar-refractivity contribution in [2.24, 2.45) is 9.98 Å². The molecule has 1 heterocycles. The van der Waals surface area contributed by atoms with Crippen molar-refractivity contribution in [1.82, 2.24) is 5.06 Å². The third-order valence-corrected chi connectivity index (χ3v) is 2.93. The number of aliphatic imine (C=N–C) groups is 2. The minimum Gasteiger partial charge on any atom is -0.289 e. The van der Waals surface area contributed by atoms with Gasteiger partial charge in [-0.1, -0.05) is 24.9 Å². The summed E-state index contributed by atoms with van der Waals surface area (Å²) in [6.07, 6.45) is 5.19. The number of hydrogen-bond donors (Lipinski definition) is 1. The quantitative estimate of drug-likeness (QED) is 0.838. The molecule has 0 radical (unpaired) electrons. The first kappa shape index (κ1) is 13.8. The highest BCUT2D eigenvalue weighted by molar-refractivity contribution is 6.30. The van der Waals surface area contributed by atoms with Gasteiger partial charge in [0.2, 0.25) is 0 Å². The number of hydroxylamine groups is 2. The average Bonchev–Trinajstić information content (AvgIpc) is 2.85. The third-order valence-electron chi connectivity index (χ3n) is 2.68. The Labute approximate surface area is 117 Å². The van der Waals surface area contributed by atoms with Gasteiger partial charge in [0.25, 0.3) is 0 Å². The number of amidine groups is 1. The van der Waals surface area contributed by atoms with Gasteiger partial charge in [-0.25, -0.2) is 9.98 Å². The smallest absolute Gasteiger partial charge is 0.159 e. The zero-order chi connectivity index (χ0) is 13.7. The van der Waals surface area contributed by atoms with Gasteiger partial charge >= 0.3 is 0 Å². The second-order valence-electron chi connectivity index (χ2n) is 4.27. The molecule has 0 unspecified atom stereocenters. The van der Waals surface area contributed by atoms with Crippen LogP contribution in [-0.2, 0) is 0 Å². The molecule has 1 aromatic rings. The molecule has 1 aliphatic heterocycles. The van der Waals surface area contributed by atoms with E-state index in [0.29, 0.717) is 23.1 Å². The van der Waals surface area contributed by atoms with E-state index in [0.717, 1.165) is 23.5 Å². The number of nitrogens with zero attached hydrogens (tertiary/aromatic N) is 3. The van der Waals surface area contributed by atoms with Crippen LogP contribution >= 0.6 is 11.6 Å². The largest absolute Gasteiger partial charge is 0.289 e. The normalized spacial score (nSPS) is 15.9. The van der Waals surface area contributed by atoms with Gasteiger partial charge in [0.1, 0.15) is 5.70 Å². The van der Waals surface area contributed by atoms with Gasteiger partial charge < -0.3 is 0 Å². The fourth-order valence-electron chi connectivity index (χ4n) is 1.64. The summed E-state index contributed by atoms with van der Waals surface area (Å²) >= 11 is 5.83. The summed E-state index contributed by atoms with van der Waals surface area (Å²) < 4.78 is 0. The lowest BCUT2D eigenvalue weighted by molar-refractivity contribution is -0.0419. The van der Waals surface area contributed by atoms with Crippen LogP contribution in [0.2, 0.25) is 5.02 Å². The molecule has 2 rings (SSSR count). The Morgan fingerprint density at radius 1 is 1.32 bits per heavy atom. The lowest BCUT2D eigenvalue weighted by Gasteiger charge is -2.10. The van der Waals surface area contributed by atoms with E-state index in [2.05, 4.69) is 16.9 Å². The van der Waals surface area contributed by atoms with Gasteiger partial charge in [-0.05, 0) is 30.7 Å². The van der Waals surface area contributed by atoms with Crippen LogP contribution in [0.25, 0.3) is 0 Å². The maximum atomic E-state index is 9.64. The van der Waals surface area contributed by atoms with Crippen LogP contribution in [0.5, 0.6) is 0 Å². The SMILES string of the molecule is CCCCN(O)/C=C1\C=NC(c2ccc(Cl)cc2)=N1. The van der Waals surface area contributed by atoms with Crippen molar-refractivity contribution in [1.29, 1.82) is 0 Å². The Morgan fingerprint density at radius 2 is 2.05 bits per heavy atom. The van der Waals surface area contributed by atoms with Crippen molar-refractivity contribution >= 4 is 23.7 Å². The molecule has 1 N–H and O–H groups in total. The summed E-state index contributed by atoms with van der Waals surface area (Å²) in [5, 5.41) is 11.5. The molecule has 0 aromatic heterocycles. The molecule has 0 amide bonds. The van der Waals surface area contributed by atoms with Crippen LogP contribution in [0.15, 0.2) is 46.1 Å². The number of rotatable bonds is 5. The molecule has 0 saturated carbocycles. The number of benzene rings is 1. The van der Waals surface area contributed by atoms with Gasteiger partial charge in [-0.2, -0.15) is 0 Å². The zero-order valence-corrected chi connectivity index (χ0v) is 11.5. The number of allylic oxidation sites excluding steroid dienone is 1. The second kappa shape index (κ2) is 6.50. The van der Waals surface area contributed by atoms with Gasteiger partial charge in [-0.3, -0.25) is 10.3 Å². The maximum absolute atomic E-state index is 9.64. The van der Waals surface area contributed by atoms with Crippen LogP contribution in [0.4, 0.5) is 0 Å². The predicted molar refractivity (Wildman–Crippen MR) is 78.0 cm³/mol. The molecule has 1 aromatic carbocycles. The number of hydrogen-bond acceptors (Lipinski definition) is 4. The van der Waals surface area contributed by atoms with E-state index in [9.17, 15) is 5.21 Å². The van der Waals surface area contributed by atoms with Crippen molar-refractivity contribution in [3.63, 3.8) is 0 Å². The fraction of sp³-hybridized carbons (Fsp3) is 0.286. The Hall–Kier alpha value is -1.65. The molecule has 19 heavy (non-hydrogen) atoms. The lowest BCUT2D eigenvalue weighted by Crippen LogP contribution is -2.13. The summed E-state index contributed by atoms with van der Waals surface area (Å²) in [7, 11) is 0. The molecule has 5 heteroatoms. The molecule has 100 valence electrons. The standard InChI is InChI=1S/C14H16ClN3O/c1-2-3-8-18(19)10-13-9-16-14(17-13)11-4-6-12(15)7-5-11/h4-7,9-10,19H,2-3,8H2,1H3/b13-10+. The van der Waals surface area contributed by atoms with Crippen LogP contribution in [0, 0.1) is 0 Å². The van der Waals surface area contributed by atoms with Crippen molar-refractivity contribution in [2.75, 3.05) is 6.54 Å². The van der Waals surface area contributed by atoms with Crippen LogP contribution < -0.4 is 0 Å². The van der Waals surface area contributed by atoms with Crippen molar-refractivity contribution < 1.29 is 5.21 Å². The molecular formula is C14H16ClN3O. The van der Waals surface area contributed by atoms with E-state index in [1.807, 2.05) is 12.1 Å². The summed E-state index contributed by atoms with van der Waals surface area (Å²) in [5.74, 6) is 0.631. The first-order valence-corrected chi connectivity index (χ1v) is 6.63. The molecule has 0 aliphatic carbocycles. The monoisotopic (exact) mass is 277 g/mol. The van der Waals surface area contributed by atoms with Crippen molar-refractivity contribution in [2.45, 2.75) is 19.8 Å². The van der Waals surface area contributed by atoms with E-state index < -0.39 is 0 Å².